The SMILES string of the molecule is CCN1CC(CN(C)C(=O)c2cc(-c3ccco3)[nH]n2)Oc2ccccc21. The molecule has 1 atom stereocenters. The number of likely N-dealkylation sites (N-methyl/N-ethyl adjacent to an activating group) is 2. The zero-order valence-corrected chi connectivity index (χ0v) is 15.4. The van der Waals surface area contributed by atoms with Crippen molar-refractivity contribution in [3.8, 4) is 17.2 Å². The van der Waals surface area contributed by atoms with Crippen LogP contribution in [0.5, 0.6) is 5.75 Å². The van der Waals surface area contributed by atoms with Gasteiger partial charge in [-0.15, -0.1) is 0 Å². The summed E-state index contributed by atoms with van der Waals surface area (Å²) in [4.78, 5) is 16.7. The van der Waals surface area contributed by atoms with Crippen molar-refractivity contribution in [1.82, 2.24) is 15.1 Å². The minimum Gasteiger partial charge on any atom is -0.485 e. The van der Waals surface area contributed by atoms with Gasteiger partial charge < -0.3 is 19.0 Å². The zero-order valence-electron chi connectivity index (χ0n) is 15.4. The van der Waals surface area contributed by atoms with Crippen LogP contribution in [0.2, 0.25) is 0 Å². The first-order valence-corrected chi connectivity index (χ1v) is 9.01. The highest BCUT2D eigenvalue weighted by Crippen LogP contribution is 2.33. The number of carbonyl (C=O) groups is 1. The molecular weight excluding hydrogens is 344 g/mol. The molecule has 7 heteroatoms. The Balaban J connectivity index is 1.45. The van der Waals surface area contributed by atoms with E-state index in [1.807, 2.05) is 24.3 Å². The Hall–Kier alpha value is -3.22. The molecule has 1 aliphatic rings. The Kier molecular flexibility index (Phi) is 4.58. The van der Waals surface area contributed by atoms with Crippen molar-refractivity contribution in [2.75, 3.05) is 31.6 Å². The highest BCUT2D eigenvalue weighted by atomic mass is 16.5. The lowest BCUT2D eigenvalue weighted by Gasteiger charge is -2.37. The summed E-state index contributed by atoms with van der Waals surface area (Å²) >= 11 is 0. The molecule has 3 heterocycles. The maximum Gasteiger partial charge on any atom is 0.274 e. The van der Waals surface area contributed by atoms with Gasteiger partial charge in [-0.2, -0.15) is 5.10 Å². The number of carbonyl (C=O) groups excluding carboxylic acids is 1. The van der Waals surface area contributed by atoms with Crippen molar-refractivity contribution in [3.63, 3.8) is 0 Å². The predicted octanol–water partition coefficient (Wildman–Crippen LogP) is 3.03. The summed E-state index contributed by atoms with van der Waals surface area (Å²) in [6, 6.07) is 13.3. The molecule has 0 bridgehead atoms. The molecule has 0 fully saturated rings. The number of anilines is 1. The molecule has 27 heavy (non-hydrogen) atoms. The maximum atomic E-state index is 12.7. The monoisotopic (exact) mass is 366 g/mol. The average Bonchev–Trinajstić information content (AvgIpc) is 3.38. The van der Waals surface area contributed by atoms with Gasteiger partial charge in [0, 0.05) is 19.7 Å². The van der Waals surface area contributed by atoms with Crippen LogP contribution in [-0.2, 0) is 0 Å². The molecule has 0 saturated heterocycles. The summed E-state index contributed by atoms with van der Waals surface area (Å²) in [7, 11) is 1.77. The Labute approximate surface area is 157 Å². The molecule has 0 aliphatic carbocycles. The van der Waals surface area contributed by atoms with E-state index >= 15 is 0 Å². The number of fused-ring (bicyclic) bond motifs is 1. The fourth-order valence-electron chi connectivity index (χ4n) is 3.35. The second-order valence-electron chi connectivity index (χ2n) is 6.58. The van der Waals surface area contributed by atoms with Gasteiger partial charge in [0.15, 0.2) is 11.5 Å². The van der Waals surface area contributed by atoms with E-state index < -0.39 is 0 Å². The predicted molar refractivity (Wildman–Crippen MR) is 102 cm³/mol. The smallest absolute Gasteiger partial charge is 0.274 e. The average molecular weight is 366 g/mol. The molecule has 1 amide bonds. The number of H-pyrrole nitrogens is 1. The molecule has 1 N–H and O–H groups in total. The van der Waals surface area contributed by atoms with Gasteiger partial charge in [-0.05, 0) is 31.2 Å². The summed E-state index contributed by atoms with van der Waals surface area (Å²) < 4.78 is 11.4. The van der Waals surface area contributed by atoms with Crippen LogP contribution in [0.1, 0.15) is 17.4 Å². The highest BCUT2D eigenvalue weighted by Gasteiger charge is 2.27. The lowest BCUT2D eigenvalue weighted by Crippen LogP contribution is -2.46. The van der Waals surface area contributed by atoms with Crippen LogP contribution < -0.4 is 9.64 Å². The molecule has 7 nitrogen and oxygen atoms in total. The zero-order chi connectivity index (χ0) is 18.8. The largest absolute Gasteiger partial charge is 0.485 e. The van der Waals surface area contributed by atoms with E-state index in [4.69, 9.17) is 9.15 Å². The summed E-state index contributed by atoms with van der Waals surface area (Å²) in [6.07, 6.45) is 1.49. The van der Waals surface area contributed by atoms with E-state index in [-0.39, 0.29) is 12.0 Å². The van der Waals surface area contributed by atoms with Gasteiger partial charge in [0.2, 0.25) is 0 Å². The molecule has 0 saturated carbocycles. The summed E-state index contributed by atoms with van der Waals surface area (Å²) in [5.41, 5.74) is 2.13. The molecule has 2 aromatic heterocycles. The van der Waals surface area contributed by atoms with Crippen molar-refractivity contribution in [2.24, 2.45) is 0 Å². The quantitative estimate of drug-likeness (QED) is 0.751. The van der Waals surface area contributed by atoms with E-state index in [0.29, 0.717) is 23.7 Å². The van der Waals surface area contributed by atoms with E-state index in [1.165, 1.54) is 0 Å². The van der Waals surface area contributed by atoms with Gasteiger partial charge in [0.1, 0.15) is 17.5 Å². The van der Waals surface area contributed by atoms with Crippen molar-refractivity contribution in [1.29, 1.82) is 0 Å². The van der Waals surface area contributed by atoms with E-state index in [1.54, 1.807) is 30.3 Å². The van der Waals surface area contributed by atoms with Gasteiger partial charge in [0.05, 0.1) is 25.0 Å². The molecule has 140 valence electrons. The van der Waals surface area contributed by atoms with Crippen LogP contribution in [0.4, 0.5) is 5.69 Å². The summed E-state index contributed by atoms with van der Waals surface area (Å²) in [5, 5.41) is 6.97. The van der Waals surface area contributed by atoms with Crippen LogP contribution in [0.3, 0.4) is 0 Å². The van der Waals surface area contributed by atoms with Crippen LogP contribution in [0.25, 0.3) is 11.5 Å². The number of benzene rings is 1. The third-order valence-electron chi connectivity index (χ3n) is 4.71. The van der Waals surface area contributed by atoms with Crippen molar-refractivity contribution in [2.45, 2.75) is 13.0 Å². The first-order valence-electron chi connectivity index (χ1n) is 9.01. The van der Waals surface area contributed by atoms with Crippen LogP contribution in [-0.4, -0.2) is 53.8 Å². The number of ether oxygens (including phenoxy) is 1. The maximum absolute atomic E-state index is 12.7. The number of hydrogen-bond donors (Lipinski definition) is 1. The number of rotatable bonds is 5. The third kappa shape index (κ3) is 3.40. The second-order valence-corrected chi connectivity index (χ2v) is 6.58. The number of para-hydroxylation sites is 2. The van der Waals surface area contributed by atoms with Crippen molar-refractivity contribution in [3.05, 3.63) is 54.4 Å². The summed E-state index contributed by atoms with van der Waals surface area (Å²) in [5.74, 6) is 1.35. The molecule has 1 aromatic carbocycles. The molecule has 0 radical (unpaired) electrons. The minimum absolute atomic E-state index is 0.0997. The highest BCUT2D eigenvalue weighted by molar-refractivity contribution is 5.93. The van der Waals surface area contributed by atoms with Crippen LogP contribution in [0.15, 0.2) is 53.1 Å². The number of hydrogen-bond acceptors (Lipinski definition) is 5. The second kappa shape index (κ2) is 7.19. The molecule has 3 aromatic rings. The Morgan fingerprint density at radius 3 is 2.96 bits per heavy atom. The van der Waals surface area contributed by atoms with E-state index in [2.05, 4.69) is 28.1 Å². The fourth-order valence-corrected chi connectivity index (χ4v) is 3.35. The number of aromatic nitrogens is 2. The number of aromatic amines is 1. The molecule has 1 aliphatic heterocycles. The lowest BCUT2D eigenvalue weighted by atomic mass is 10.1. The first kappa shape index (κ1) is 17.2. The normalized spacial score (nSPS) is 15.9. The molecule has 1 unspecified atom stereocenters. The number of nitrogens with one attached hydrogen (secondary N) is 1. The Morgan fingerprint density at radius 1 is 1.33 bits per heavy atom. The summed E-state index contributed by atoms with van der Waals surface area (Å²) in [6.45, 7) is 4.23. The van der Waals surface area contributed by atoms with Crippen LogP contribution in [0, 0.1) is 0 Å². The number of nitrogens with zero attached hydrogens (tertiary/aromatic N) is 3. The Morgan fingerprint density at radius 2 is 2.19 bits per heavy atom. The van der Waals surface area contributed by atoms with E-state index in [9.17, 15) is 4.79 Å². The fraction of sp³-hybridized carbons (Fsp3) is 0.300. The number of furan rings is 1. The molecule has 4 rings (SSSR count). The third-order valence-corrected chi connectivity index (χ3v) is 4.71. The van der Waals surface area contributed by atoms with Gasteiger partial charge in [-0.25, -0.2) is 0 Å². The van der Waals surface area contributed by atoms with Gasteiger partial charge in [-0.3, -0.25) is 9.89 Å². The van der Waals surface area contributed by atoms with Gasteiger partial charge in [0.25, 0.3) is 5.91 Å². The van der Waals surface area contributed by atoms with Crippen LogP contribution >= 0.6 is 0 Å². The topological polar surface area (TPSA) is 74.6 Å². The van der Waals surface area contributed by atoms with Gasteiger partial charge in [-0.1, -0.05) is 12.1 Å². The van der Waals surface area contributed by atoms with Crippen molar-refractivity contribution >= 4 is 11.6 Å². The number of amides is 1. The molecule has 0 spiro atoms. The van der Waals surface area contributed by atoms with Crippen molar-refractivity contribution < 1.29 is 13.9 Å². The minimum atomic E-state index is -0.158. The van der Waals surface area contributed by atoms with E-state index in [0.717, 1.165) is 24.5 Å². The Bertz CT molecular complexity index is 919. The van der Waals surface area contributed by atoms with Gasteiger partial charge >= 0.3 is 0 Å². The lowest BCUT2D eigenvalue weighted by molar-refractivity contribution is 0.0704. The standard InChI is InChI=1S/C20H22N4O3/c1-3-24-13-14(27-19-8-5-4-7-17(19)24)12-23(2)20(25)16-11-15(21-22-16)18-9-6-10-26-18/h4-11,14H,3,12-13H2,1-2H3,(H,21,22). The first-order chi connectivity index (χ1) is 13.2. The molecular formula is C20H22N4O3.